The number of hydrogen-bond acceptors (Lipinski definition) is 5. The van der Waals surface area contributed by atoms with E-state index in [1.165, 1.54) is 24.6 Å². The fraction of sp³-hybridized carbons (Fsp3) is 0.360. The molecule has 0 unspecified atom stereocenters. The van der Waals surface area contributed by atoms with Gasteiger partial charge in [-0.2, -0.15) is 0 Å². The highest BCUT2D eigenvalue weighted by Gasteiger charge is 2.19. The molecule has 2 amide bonds. The van der Waals surface area contributed by atoms with Gasteiger partial charge in [-0.1, -0.05) is 31.0 Å². The van der Waals surface area contributed by atoms with Crippen LogP contribution in [0.3, 0.4) is 0 Å². The van der Waals surface area contributed by atoms with Crippen molar-refractivity contribution in [2.45, 2.75) is 37.1 Å². The minimum absolute atomic E-state index is 0.101. The van der Waals surface area contributed by atoms with E-state index in [1.54, 1.807) is 18.2 Å². The van der Waals surface area contributed by atoms with E-state index >= 15 is 0 Å². The van der Waals surface area contributed by atoms with E-state index in [-0.39, 0.29) is 24.4 Å². The Bertz CT molecular complexity index is 1170. The van der Waals surface area contributed by atoms with Crippen molar-refractivity contribution < 1.29 is 19.1 Å². The monoisotopic (exact) mass is 465 g/mol. The number of rotatable bonds is 6. The van der Waals surface area contributed by atoms with Gasteiger partial charge in [0.25, 0.3) is 0 Å². The molecule has 1 aromatic heterocycles. The van der Waals surface area contributed by atoms with Gasteiger partial charge in [0, 0.05) is 46.8 Å². The topological polar surface area (TPSA) is 72.8 Å². The molecule has 33 heavy (non-hydrogen) atoms. The van der Waals surface area contributed by atoms with Gasteiger partial charge >= 0.3 is 0 Å². The smallest absolute Gasteiger partial charge is 0.242 e. The highest BCUT2D eigenvalue weighted by atomic mass is 32.2. The lowest BCUT2D eigenvalue weighted by atomic mass is 10.2. The Kier molecular flexibility index (Phi) is 6.44. The number of fused-ring (bicyclic) bond motifs is 2. The molecule has 7 nitrogen and oxygen atoms in total. The Balaban J connectivity index is 1.25. The predicted molar refractivity (Wildman–Crippen MR) is 129 cm³/mol. The maximum Gasteiger partial charge on any atom is 0.242 e. The summed E-state index contributed by atoms with van der Waals surface area (Å²) in [5.74, 6) is 1.65. The summed E-state index contributed by atoms with van der Waals surface area (Å²) in [5, 5.41) is 3.97. The Morgan fingerprint density at radius 2 is 1.76 bits per heavy atom. The third-order valence-corrected chi connectivity index (χ3v) is 7.07. The van der Waals surface area contributed by atoms with Crippen LogP contribution in [0, 0.1) is 0 Å². The van der Waals surface area contributed by atoms with Crippen LogP contribution in [0.25, 0.3) is 10.9 Å². The van der Waals surface area contributed by atoms with Crippen molar-refractivity contribution in [2.24, 2.45) is 0 Å². The Hall–Kier alpha value is -3.13. The van der Waals surface area contributed by atoms with E-state index in [1.807, 2.05) is 39.9 Å². The van der Waals surface area contributed by atoms with Gasteiger partial charge < -0.3 is 24.3 Å². The minimum Gasteiger partial charge on any atom is -0.454 e. The van der Waals surface area contributed by atoms with Crippen molar-refractivity contribution in [3.05, 3.63) is 48.7 Å². The first kappa shape index (κ1) is 21.7. The zero-order valence-corrected chi connectivity index (χ0v) is 19.2. The molecule has 0 radical (unpaired) electrons. The number of thioether (sulfide) groups is 1. The molecule has 2 aliphatic heterocycles. The van der Waals surface area contributed by atoms with Crippen molar-refractivity contribution in [1.82, 2.24) is 9.47 Å². The zero-order valence-electron chi connectivity index (χ0n) is 18.4. The third kappa shape index (κ3) is 4.95. The van der Waals surface area contributed by atoms with Crippen LogP contribution in [-0.4, -0.2) is 46.9 Å². The van der Waals surface area contributed by atoms with E-state index in [0.29, 0.717) is 23.7 Å². The number of ether oxygens (including phenoxy) is 2. The summed E-state index contributed by atoms with van der Waals surface area (Å²) in [7, 11) is 0. The van der Waals surface area contributed by atoms with Crippen molar-refractivity contribution >= 4 is 40.2 Å². The number of carbonyl (C=O) groups excluding carboxylic acids is 2. The average Bonchev–Trinajstić information content (AvgIpc) is 3.31. The predicted octanol–water partition coefficient (Wildman–Crippen LogP) is 4.50. The molecule has 2 aliphatic rings. The molecule has 0 spiro atoms. The molecule has 3 aromatic rings. The zero-order chi connectivity index (χ0) is 22.6. The quantitative estimate of drug-likeness (QED) is 0.543. The van der Waals surface area contributed by atoms with E-state index in [2.05, 4.69) is 5.32 Å². The molecule has 172 valence electrons. The SMILES string of the molecule is O=C(CSc1cn(CC(=O)N2CCCCCC2)c2ccccc12)Nc1ccc2c(c1)OCO2. The van der Waals surface area contributed by atoms with Gasteiger partial charge in [-0.3, -0.25) is 9.59 Å². The Labute approximate surface area is 197 Å². The van der Waals surface area contributed by atoms with Gasteiger partial charge in [0.1, 0.15) is 6.54 Å². The van der Waals surface area contributed by atoms with Crippen LogP contribution in [0.4, 0.5) is 5.69 Å². The highest BCUT2D eigenvalue weighted by Crippen LogP contribution is 2.34. The summed E-state index contributed by atoms with van der Waals surface area (Å²) < 4.78 is 12.7. The first-order valence-corrected chi connectivity index (χ1v) is 12.3. The van der Waals surface area contributed by atoms with Crippen molar-refractivity contribution in [2.75, 3.05) is 31.0 Å². The number of amides is 2. The number of para-hydroxylation sites is 1. The maximum absolute atomic E-state index is 12.9. The normalized spacial score (nSPS) is 15.5. The van der Waals surface area contributed by atoms with Gasteiger partial charge in [0.2, 0.25) is 18.6 Å². The van der Waals surface area contributed by atoms with E-state index < -0.39 is 0 Å². The van der Waals surface area contributed by atoms with E-state index in [0.717, 1.165) is 41.7 Å². The van der Waals surface area contributed by atoms with Crippen LogP contribution in [-0.2, 0) is 16.1 Å². The molecule has 5 rings (SSSR count). The summed E-state index contributed by atoms with van der Waals surface area (Å²) in [6, 6.07) is 13.4. The standard InChI is InChI=1S/C25H27N3O4S/c29-24(26-18-9-10-21-22(13-18)32-17-31-21)16-33-23-14-28(20-8-4-3-7-19(20)23)15-25(30)27-11-5-1-2-6-12-27/h3-4,7-10,13-14H,1-2,5-6,11-12,15-17H2,(H,26,29). The minimum atomic E-state index is -0.101. The van der Waals surface area contributed by atoms with Crippen LogP contribution in [0.5, 0.6) is 11.5 Å². The summed E-state index contributed by atoms with van der Waals surface area (Å²) >= 11 is 1.48. The number of hydrogen-bond donors (Lipinski definition) is 1. The molecule has 2 aromatic carbocycles. The van der Waals surface area contributed by atoms with Crippen LogP contribution < -0.4 is 14.8 Å². The Morgan fingerprint density at radius 1 is 0.970 bits per heavy atom. The number of anilines is 1. The van der Waals surface area contributed by atoms with Crippen molar-refractivity contribution in [1.29, 1.82) is 0 Å². The largest absolute Gasteiger partial charge is 0.454 e. The molecule has 0 saturated carbocycles. The number of benzene rings is 2. The molecule has 3 heterocycles. The molecule has 1 fully saturated rings. The lowest BCUT2D eigenvalue weighted by Gasteiger charge is -2.20. The number of carbonyl (C=O) groups is 2. The number of aromatic nitrogens is 1. The summed E-state index contributed by atoms with van der Waals surface area (Å²) in [4.78, 5) is 28.5. The van der Waals surface area contributed by atoms with Crippen LogP contribution >= 0.6 is 11.8 Å². The van der Waals surface area contributed by atoms with Crippen LogP contribution in [0.1, 0.15) is 25.7 Å². The van der Waals surface area contributed by atoms with E-state index in [9.17, 15) is 9.59 Å². The van der Waals surface area contributed by atoms with Gasteiger partial charge in [0.05, 0.1) is 5.75 Å². The molecule has 8 heteroatoms. The van der Waals surface area contributed by atoms with Crippen LogP contribution in [0.2, 0.25) is 0 Å². The second-order valence-corrected chi connectivity index (χ2v) is 9.36. The molecular weight excluding hydrogens is 438 g/mol. The van der Waals surface area contributed by atoms with Crippen molar-refractivity contribution in [3.63, 3.8) is 0 Å². The highest BCUT2D eigenvalue weighted by molar-refractivity contribution is 8.00. The molecule has 0 bridgehead atoms. The fourth-order valence-corrected chi connectivity index (χ4v) is 5.23. The molecule has 0 aliphatic carbocycles. The lowest BCUT2D eigenvalue weighted by molar-refractivity contribution is -0.131. The second kappa shape index (κ2) is 9.79. The maximum atomic E-state index is 12.9. The number of likely N-dealkylation sites (tertiary alicyclic amines) is 1. The molecule has 1 N–H and O–H groups in total. The Morgan fingerprint density at radius 3 is 2.61 bits per heavy atom. The number of nitrogens with zero attached hydrogens (tertiary/aromatic N) is 2. The lowest BCUT2D eigenvalue weighted by Crippen LogP contribution is -2.34. The van der Waals surface area contributed by atoms with Gasteiger partial charge in [-0.15, -0.1) is 11.8 Å². The molecule has 1 saturated heterocycles. The number of nitrogens with one attached hydrogen (secondary N) is 1. The third-order valence-electron chi connectivity index (χ3n) is 6.03. The fourth-order valence-electron chi connectivity index (χ4n) is 4.34. The second-order valence-electron chi connectivity index (χ2n) is 8.34. The molecular formula is C25H27N3O4S. The van der Waals surface area contributed by atoms with Gasteiger partial charge in [-0.25, -0.2) is 0 Å². The average molecular weight is 466 g/mol. The van der Waals surface area contributed by atoms with Gasteiger partial charge in [0.15, 0.2) is 11.5 Å². The van der Waals surface area contributed by atoms with Crippen LogP contribution in [0.15, 0.2) is 53.6 Å². The molecule has 0 atom stereocenters. The van der Waals surface area contributed by atoms with Crippen molar-refractivity contribution in [3.8, 4) is 11.5 Å². The summed E-state index contributed by atoms with van der Waals surface area (Å²) in [6.45, 7) is 2.22. The first-order valence-electron chi connectivity index (χ1n) is 11.4. The van der Waals surface area contributed by atoms with E-state index in [4.69, 9.17) is 9.47 Å². The summed E-state index contributed by atoms with van der Waals surface area (Å²) in [6.07, 6.45) is 6.56. The first-order chi connectivity index (χ1) is 16.2. The summed E-state index contributed by atoms with van der Waals surface area (Å²) in [5.41, 5.74) is 1.69. The van der Waals surface area contributed by atoms with Gasteiger partial charge in [-0.05, 0) is 31.0 Å².